The number of anilines is 1. The molecule has 9 nitrogen and oxygen atoms in total. The second-order valence-corrected chi connectivity index (χ2v) is 8.80. The number of methoxy groups -OCH3 is 1. The summed E-state index contributed by atoms with van der Waals surface area (Å²) in [6, 6.07) is 7.16. The normalized spacial score (nSPS) is 17.4. The summed E-state index contributed by atoms with van der Waals surface area (Å²) < 4.78 is 82.2. The maximum Gasteiger partial charge on any atom is 0.253 e. The number of amides is 2. The van der Waals surface area contributed by atoms with Gasteiger partial charge in [-0.15, -0.1) is 0 Å². The summed E-state index contributed by atoms with van der Waals surface area (Å²) in [5.74, 6) is -4.93. The van der Waals surface area contributed by atoms with Gasteiger partial charge in [0.2, 0.25) is 15.9 Å². The van der Waals surface area contributed by atoms with E-state index in [1.807, 2.05) is 5.32 Å². The summed E-state index contributed by atoms with van der Waals surface area (Å²) >= 11 is 0. The number of nitrogens with one attached hydrogen (secondary N) is 2. The molecule has 0 radical (unpaired) electrons. The smallest absolute Gasteiger partial charge is 0.253 e. The molecule has 1 atom stereocenters. The van der Waals surface area contributed by atoms with Gasteiger partial charge in [0.1, 0.15) is 28.3 Å². The number of benzene rings is 2. The van der Waals surface area contributed by atoms with Crippen molar-refractivity contribution >= 4 is 27.5 Å². The lowest BCUT2D eigenvalue weighted by molar-refractivity contribution is -0.116. The van der Waals surface area contributed by atoms with E-state index < -0.39 is 57.0 Å². The number of ether oxygens (including phenoxy) is 1. The summed E-state index contributed by atoms with van der Waals surface area (Å²) in [6.07, 6.45) is 0.772. The lowest BCUT2D eigenvalue weighted by Crippen LogP contribution is -2.36. The second kappa shape index (κ2) is 9.25. The highest BCUT2D eigenvalue weighted by Gasteiger charge is 2.41. The van der Waals surface area contributed by atoms with E-state index in [9.17, 15) is 26.8 Å². The number of sulfonamides is 1. The van der Waals surface area contributed by atoms with Gasteiger partial charge in [0.25, 0.3) is 5.91 Å². The maximum absolute atomic E-state index is 14.9. The Kier molecular flexibility index (Phi) is 5.52. The van der Waals surface area contributed by atoms with Crippen molar-refractivity contribution in [3.8, 4) is 23.1 Å². The van der Waals surface area contributed by atoms with Crippen LogP contribution in [0.2, 0.25) is 0 Å². The minimum absolute atomic E-state index is 0.0180. The molecule has 0 heterocycles. The number of carbonyl (C=O) groups is 2. The maximum atomic E-state index is 14.9. The third-order valence-electron chi connectivity index (χ3n) is 4.97. The highest BCUT2D eigenvalue weighted by molar-refractivity contribution is 7.90. The van der Waals surface area contributed by atoms with E-state index in [4.69, 9.17) is 19.8 Å². The first-order valence-corrected chi connectivity index (χ1v) is 10.8. The number of nitrogens with two attached hydrogens (primary N) is 1. The van der Waals surface area contributed by atoms with Gasteiger partial charge in [-0.25, -0.2) is 21.9 Å². The Balaban J connectivity index is 1.95. The molecular formula is C21H18F2N4O5S. The van der Waals surface area contributed by atoms with Crippen LogP contribution in [0.15, 0.2) is 47.5 Å². The molecule has 0 fully saturated rings. The zero-order chi connectivity index (χ0) is 26.8. The van der Waals surface area contributed by atoms with Crippen LogP contribution in [0.3, 0.4) is 0 Å². The fourth-order valence-corrected chi connectivity index (χ4v) is 4.77. The van der Waals surface area contributed by atoms with Gasteiger partial charge in [0.05, 0.1) is 11.2 Å². The summed E-state index contributed by atoms with van der Waals surface area (Å²) in [6.45, 7) is 0. The predicted molar refractivity (Wildman–Crippen MR) is 114 cm³/mol. The second-order valence-electron chi connectivity index (χ2n) is 6.94. The van der Waals surface area contributed by atoms with Crippen molar-refractivity contribution < 1.29 is 35.6 Å². The summed E-state index contributed by atoms with van der Waals surface area (Å²) in [4.78, 5) is 24.6. The molecule has 33 heavy (non-hydrogen) atoms. The third kappa shape index (κ3) is 4.78. The van der Waals surface area contributed by atoms with Crippen LogP contribution in [0.4, 0.5) is 14.5 Å². The van der Waals surface area contributed by atoms with Crippen LogP contribution in [0.25, 0.3) is 11.1 Å². The van der Waals surface area contributed by atoms with Crippen LogP contribution in [-0.4, -0.2) is 32.5 Å². The molecule has 1 unspecified atom stereocenters. The molecule has 4 N–H and O–H groups in total. The minimum atomic E-state index is -4.42. The average Bonchev–Trinajstić information content (AvgIpc) is 3.22. The van der Waals surface area contributed by atoms with Crippen LogP contribution in [0.5, 0.6) is 5.75 Å². The Morgan fingerprint density at radius 3 is 2.55 bits per heavy atom. The summed E-state index contributed by atoms with van der Waals surface area (Å²) in [5.41, 5.74) is 3.54. The predicted octanol–water partition coefficient (Wildman–Crippen LogP) is 1.92. The molecule has 0 saturated heterocycles. The van der Waals surface area contributed by atoms with E-state index in [2.05, 4.69) is 0 Å². The van der Waals surface area contributed by atoms with Gasteiger partial charge in [-0.1, -0.05) is 12.1 Å². The van der Waals surface area contributed by atoms with Gasteiger partial charge in [0, 0.05) is 11.1 Å². The van der Waals surface area contributed by atoms with Gasteiger partial charge in [-0.05, 0) is 48.2 Å². The number of hydrogen-bond donors (Lipinski definition) is 3. The SMILES string of the molecule is [2H]C([2H])([2H])Oc1cccc(-c2cc(F)c(NC(=O)C3=C(C(N)=O)CCC3S(=O)(=O)NC#N)c(F)c2)c1. The summed E-state index contributed by atoms with van der Waals surface area (Å²) in [7, 11) is -7.16. The lowest BCUT2D eigenvalue weighted by atomic mass is 10.0. The molecule has 0 saturated carbocycles. The van der Waals surface area contributed by atoms with Crippen molar-refractivity contribution in [3.05, 3.63) is 59.2 Å². The van der Waals surface area contributed by atoms with Gasteiger partial charge in [0.15, 0.2) is 6.19 Å². The number of primary amides is 1. The Labute approximate surface area is 192 Å². The minimum Gasteiger partial charge on any atom is -0.497 e. The molecule has 2 amide bonds. The topological polar surface area (TPSA) is 151 Å². The molecule has 0 bridgehead atoms. The molecule has 2 aromatic carbocycles. The van der Waals surface area contributed by atoms with Gasteiger partial charge in [-0.2, -0.15) is 5.26 Å². The van der Waals surface area contributed by atoms with Crippen LogP contribution < -0.4 is 20.5 Å². The Morgan fingerprint density at radius 2 is 1.94 bits per heavy atom. The number of halogens is 2. The number of nitriles is 1. The zero-order valence-electron chi connectivity index (χ0n) is 19.7. The molecule has 3 rings (SSSR count). The quantitative estimate of drug-likeness (QED) is 0.408. The average molecular weight is 479 g/mol. The molecular weight excluding hydrogens is 458 g/mol. The van der Waals surface area contributed by atoms with Crippen molar-refractivity contribution in [1.82, 2.24) is 4.72 Å². The van der Waals surface area contributed by atoms with Crippen LogP contribution in [-0.2, 0) is 19.6 Å². The van der Waals surface area contributed by atoms with Crippen LogP contribution in [0.1, 0.15) is 17.0 Å². The number of carbonyl (C=O) groups excluding carboxylic acids is 2. The van der Waals surface area contributed by atoms with Crippen molar-refractivity contribution in [2.75, 3.05) is 12.4 Å². The Bertz CT molecular complexity index is 1400. The zero-order valence-corrected chi connectivity index (χ0v) is 17.5. The fraction of sp³-hybridized carbons (Fsp3) is 0.190. The molecule has 2 aromatic rings. The first-order valence-electron chi connectivity index (χ1n) is 10.8. The number of hydrogen-bond acceptors (Lipinski definition) is 6. The summed E-state index contributed by atoms with van der Waals surface area (Å²) in [5, 5.41) is 8.97. The highest BCUT2D eigenvalue weighted by atomic mass is 32.2. The molecule has 0 aromatic heterocycles. The van der Waals surface area contributed by atoms with Crippen LogP contribution in [0, 0.1) is 23.1 Å². The highest BCUT2D eigenvalue weighted by Crippen LogP contribution is 2.34. The fourth-order valence-electron chi connectivity index (χ4n) is 3.51. The standard InChI is InChI=1S/C21H18F2N4O5S/c1-32-13-4-2-3-11(7-13)12-8-15(22)19(16(23)9-12)27-21(29)18-14(20(25)28)5-6-17(18)33(30,31)26-10-24/h2-4,7-9,17,26H,5-6H2,1H3,(H2,25,28)(H,27,29)/i1D3. The van der Waals surface area contributed by atoms with E-state index in [0.29, 0.717) is 0 Å². The third-order valence-corrected chi connectivity index (χ3v) is 6.57. The largest absolute Gasteiger partial charge is 0.497 e. The molecule has 1 aliphatic rings. The first kappa shape index (κ1) is 19.7. The molecule has 0 spiro atoms. The molecule has 0 aliphatic heterocycles. The van der Waals surface area contributed by atoms with E-state index in [1.54, 1.807) is 4.72 Å². The van der Waals surface area contributed by atoms with Crippen molar-refractivity contribution in [1.29, 1.82) is 5.26 Å². The molecule has 12 heteroatoms. The lowest BCUT2D eigenvalue weighted by Gasteiger charge is -2.16. The monoisotopic (exact) mass is 479 g/mol. The Hall–Kier alpha value is -3.98. The van der Waals surface area contributed by atoms with Crippen molar-refractivity contribution in [3.63, 3.8) is 0 Å². The van der Waals surface area contributed by atoms with Crippen LogP contribution >= 0.6 is 0 Å². The van der Waals surface area contributed by atoms with E-state index in [1.165, 1.54) is 30.5 Å². The van der Waals surface area contributed by atoms with Gasteiger partial charge >= 0.3 is 0 Å². The molecule has 172 valence electrons. The first-order chi connectivity index (χ1) is 16.7. The van der Waals surface area contributed by atoms with Gasteiger partial charge < -0.3 is 15.8 Å². The number of rotatable bonds is 7. The Morgan fingerprint density at radius 1 is 1.24 bits per heavy atom. The van der Waals surface area contributed by atoms with Crippen molar-refractivity contribution in [2.45, 2.75) is 18.1 Å². The number of nitrogens with zero attached hydrogens (tertiary/aromatic N) is 1. The van der Waals surface area contributed by atoms with Crippen molar-refractivity contribution in [2.24, 2.45) is 5.73 Å². The van der Waals surface area contributed by atoms with Gasteiger partial charge in [-0.3, -0.25) is 9.59 Å². The van der Waals surface area contributed by atoms with E-state index >= 15 is 0 Å². The molecule has 1 aliphatic carbocycles. The van der Waals surface area contributed by atoms with E-state index in [-0.39, 0.29) is 35.3 Å². The van der Waals surface area contributed by atoms with E-state index in [0.717, 1.165) is 12.1 Å².